The van der Waals surface area contributed by atoms with Gasteiger partial charge in [-0.05, 0) is 42.7 Å². The summed E-state index contributed by atoms with van der Waals surface area (Å²) in [5.74, 6) is -0.686. The maximum absolute atomic E-state index is 11.3. The average molecular weight is 343 g/mol. The van der Waals surface area contributed by atoms with Crippen molar-refractivity contribution < 1.29 is 9.90 Å². The molecule has 2 heterocycles. The fraction of sp³-hybridized carbons (Fsp3) is 0.263. The van der Waals surface area contributed by atoms with Gasteiger partial charge in [0.15, 0.2) is 0 Å². The van der Waals surface area contributed by atoms with Crippen molar-refractivity contribution in [3.05, 3.63) is 69.6 Å². The molecule has 0 spiro atoms. The number of carbonyl (C=O) groups is 1. The molecule has 4 nitrogen and oxygen atoms in total. The minimum Gasteiger partial charge on any atom is -0.478 e. The molecule has 5 heteroatoms. The standard InChI is InChI=1S/C19H19ClN2O2/c1-11(2)18-16(9-13-4-6-15(20)7-5-13)22-12(3)8-14(19(23)24)10-17(22)21-18/h4-8,10-11H,9H2,1-3H3,(H,23,24). The van der Waals surface area contributed by atoms with Gasteiger partial charge in [0.25, 0.3) is 0 Å². The molecule has 0 atom stereocenters. The van der Waals surface area contributed by atoms with Crippen LogP contribution in [-0.2, 0) is 6.42 Å². The van der Waals surface area contributed by atoms with Gasteiger partial charge in [-0.1, -0.05) is 37.6 Å². The highest BCUT2D eigenvalue weighted by atomic mass is 35.5. The summed E-state index contributed by atoms with van der Waals surface area (Å²) in [4.78, 5) is 16.0. The van der Waals surface area contributed by atoms with Crippen molar-refractivity contribution in [1.82, 2.24) is 9.38 Å². The van der Waals surface area contributed by atoms with Crippen LogP contribution < -0.4 is 0 Å². The summed E-state index contributed by atoms with van der Waals surface area (Å²) in [6, 6.07) is 11.1. The second kappa shape index (κ2) is 6.29. The Bertz CT molecular complexity index is 911. The van der Waals surface area contributed by atoms with Crippen LogP contribution in [0, 0.1) is 6.92 Å². The number of hydrogen-bond donors (Lipinski definition) is 1. The van der Waals surface area contributed by atoms with Crippen molar-refractivity contribution in [3.63, 3.8) is 0 Å². The highest BCUT2D eigenvalue weighted by molar-refractivity contribution is 6.30. The average Bonchev–Trinajstić information content (AvgIpc) is 2.89. The van der Waals surface area contributed by atoms with Crippen LogP contribution in [0.25, 0.3) is 5.65 Å². The number of aromatic nitrogens is 2. The van der Waals surface area contributed by atoms with E-state index in [0.717, 1.165) is 29.1 Å². The second-order valence-corrected chi connectivity index (χ2v) is 6.72. The molecular weight excluding hydrogens is 324 g/mol. The first-order valence-electron chi connectivity index (χ1n) is 7.86. The maximum Gasteiger partial charge on any atom is 0.335 e. The Morgan fingerprint density at radius 1 is 1.25 bits per heavy atom. The summed E-state index contributed by atoms with van der Waals surface area (Å²) in [6.07, 6.45) is 0.721. The number of nitrogens with zero attached hydrogens (tertiary/aromatic N) is 2. The molecule has 0 fully saturated rings. The molecule has 124 valence electrons. The monoisotopic (exact) mass is 342 g/mol. The highest BCUT2D eigenvalue weighted by Crippen LogP contribution is 2.26. The Hall–Kier alpha value is -2.33. The van der Waals surface area contributed by atoms with Gasteiger partial charge in [-0.3, -0.25) is 0 Å². The first-order valence-corrected chi connectivity index (χ1v) is 8.24. The topological polar surface area (TPSA) is 54.6 Å². The van der Waals surface area contributed by atoms with Crippen molar-refractivity contribution in [2.24, 2.45) is 0 Å². The number of benzene rings is 1. The molecule has 0 amide bonds. The lowest BCUT2D eigenvalue weighted by molar-refractivity contribution is 0.0696. The van der Waals surface area contributed by atoms with Gasteiger partial charge in [-0.25, -0.2) is 9.78 Å². The van der Waals surface area contributed by atoms with E-state index in [2.05, 4.69) is 18.2 Å². The van der Waals surface area contributed by atoms with E-state index in [1.807, 2.05) is 31.2 Å². The summed E-state index contributed by atoms with van der Waals surface area (Å²) in [6.45, 7) is 6.11. The Morgan fingerprint density at radius 2 is 1.92 bits per heavy atom. The molecule has 0 bridgehead atoms. The lowest BCUT2D eigenvalue weighted by atomic mass is 10.0. The molecule has 0 aliphatic carbocycles. The third-order valence-corrected chi connectivity index (χ3v) is 4.36. The van der Waals surface area contributed by atoms with Gasteiger partial charge in [-0.15, -0.1) is 0 Å². The van der Waals surface area contributed by atoms with E-state index in [1.54, 1.807) is 12.1 Å². The normalized spacial score (nSPS) is 11.4. The smallest absolute Gasteiger partial charge is 0.335 e. The third-order valence-electron chi connectivity index (χ3n) is 4.11. The first kappa shape index (κ1) is 16.5. The van der Waals surface area contributed by atoms with E-state index < -0.39 is 5.97 Å². The van der Waals surface area contributed by atoms with Crippen LogP contribution in [0.4, 0.5) is 0 Å². The highest BCUT2D eigenvalue weighted by Gasteiger charge is 2.18. The molecular formula is C19H19ClN2O2. The van der Waals surface area contributed by atoms with Crippen molar-refractivity contribution in [1.29, 1.82) is 0 Å². The van der Waals surface area contributed by atoms with Crippen LogP contribution in [0.2, 0.25) is 5.02 Å². The number of fused-ring (bicyclic) bond motifs is 1. The summed E-state index contributed by atoms with van der Waals surface area (Å²) in [5, 5.41) is 9.98. The molecule has 0 radical (unpaired) electrons. The van der Waals surface area contributed by atoms with Crippen LogP contribution in [-0.4, -0.2) is 20.5 Å². The van der Waals surface area contributed by atoms with Crippen LogP contribution in [0.1, 0.15) is 52.8 Å². The van der Waals surface area contributed by atoms with E-state index in [4.69, 9.17) is 16.6 Å². The number of carboxylic acid groups (broad SMARTS) is 1. The van der Waals surface area contributed by atoms with Gasteiger partial charge in [0.05, 0.1) is 17.0 Å². The van der Waals surface area contributed by atoms with Crippen molar-refractivity contribution in [2.45, 2.75) is 33.1 Å². The van der Waals surface area contributed by atoms with E-state index in [1.165, 1.54) is 0 Å². The number of aromatic carboxylic acids is 1. The summed E-state index contributed by atoms with van der Waals surface area (Å²) < 4.78 is 2.05. The number of imidazole rings is 1. The molecule has 0 saturated carbocycles. The van der Waals surface area contributed by atoms with Gasteiger partial charge in [0, 0.05) is 17.1 Å². The summed E-state index contributed by atoms with van der Waals surface area (Å²) in [5.41, 5.74) is 5.05. The van der Waals surface area contributed by atoms with Crippen molar-refractivity contribution in [3.8, 4) is 0 Å². The Kier molecular flexibility index (Phi) is 4.33. The molecule has 2 aromatic heterocycles. The Balaban J connectivity index is 2.18. The van der Waals surface area contributed by atoms with Crippen LogP contribution in [0.5, 0.6) is 0 Å². The number of carboxylic acids is 1. The predicted octanol–water partition coefficient (Wildman–Crippen LogP) is 4.71. The molecule has 0 aliphatic rings. The minimum absolute atomic E-state index is 0.250. The molecule has 1 aromatic carbocycles. The summed E-state index contributed by atoms with van der Waals surface area (Å²) in [7, 11) is 0. The van der Waals surface area contributed by atoms with E-state index in [9.17, 15) is 9.90 Å². The third kappa shape index (κ3) is 3.02. The zero-order valence-electron chi connectivity index (χ0n) is 13.9. The lowest BCUT2D eigenvalue weighted by Crippen LogP contribution is -2.04. The molecule has 3 aromatic rings. The van der Waals surface area contributed by atoms with E-state index in [-0.39, 0.29) is 11.5 Å². The van der Waals surface area contributed by atoms with E-state index >= 15 is 0 Å². The van der Waals surface area contributed by atoms with Gasteiger partial charge in [0.1, 0.15) is 5.65 Å². The van der Waals surface area contributed by atoms with Gasteiger partial charge >= 0.3 is 5.97 Å². The molecule has 3 rings (SSSR count). The second-order valence-electron chi connectivity index (χ2n) is 6.29. The van der Waals surface area contributed by atoms with Gasteiger partial charge < -0.3 is 9.51 Å². The Morgan fingerprint density at radius 3 is 2.50 bits per heavy atom. The first-order chi connectivity index (χ1) is 11.4. The molecule has 0 unspecified atom stereocenters. The quantitative estimate of drug-likeness (QED) is 0.747. The number of halogens is 1. The molecule has 0 aliphatic heterocycles. The summed E-state index contributed by atoms with van der Waals surface area (Å²) >= 11 is 5.97. The number of rotatable bonds is 4. The number of pyridine rings is 1. The molecule has 0 saturated heterocycles. The zero-order valence-corrected chi connectivity index (χ0v) is 14.6. The number of aryl methyl sites for hydroxylation is 1. The van der Waals surface area contributed by atoms with Crippen molar-refractivity contribution >= 4 is 23.2 Å². The van der Waals surface area contributed by atoms with Gasteiger partial charge in [-0.2, -0.15) is 0 Å². The maximum atomic E-state index is 11.3. The van der Waals surface area contributed by atoms with Crippen LogP contribution in [0.3, 0.4) is 0 Å². The Labute approximate surface area is 145 Å². The molecule has 24 heavy (non-hydrogen) atoms. The van der Waals surface area contributed by atoms with Gasteiger partial charge in [0.2, 0.25) is 0 Å². The fourth-order valence-corrected chi connectivity index (χ4v) is 3.13. The van der Waals surface area contributed by atoms with Crippen LogP contribution in [0.15, 0.2) is 36.4 Å². The molecule has 1 N–H and O–H groups in total. The van der Waals surface area contributed by atoms with Crippen molar-refractivity contribution in [2.75, 3.05) is 0 Å². The number of hydrogen-bond acceptors (Lipinski definition) is 2. The lowest BCUT2D eigenvalue weighted by Gasteiger charge is -2.10. The minimum atomic E-state index is -0.936. The largest absolute Gasteiger partial charge is 0.478 e. The zero-order chi connectivity index (χ0) is 17.4. The van der Waals surface area contributed by atoms with E-state index in [0.29, 0.717) is 10.7 Å². The SMILES string of the molecule is Cc1cc(C(=O)O)cc2nc(C(C)C)c(Cc3ccc(Cl)cc3)n12. The van der Waals surface area contributed by atoms with Crippen LogP contribution >= 0.6 is 11.6 Å². The predicted molar refractivity (Wildman–Crippen MR) is 95.2 cm³/mol. The fourth-order valence-electron chi connectivity index (χ4n) is 3.00.